The fourth-order valence-corrected chi connectivity index (χ4v) is 20.5. The van der Waals surface area contributed by atoms with Gasteiger partial charge in [-0.1, -0.05) is 305 Å². The van der Waals surface area contributed by atoms with Crippen molar-refractivity contribution in [2.24, 2.45) is 0 Å². The first-order valence-electron chi connectivity index (χ1n) is 44.0. The van der Waals surface area contributed by atoms with Gasteiger partial charge in [0.2, 0.25) is 0 Å². The van der Waals surface area contributed by atoms with Gasteiger partial charge in [-0.2, -0.15) is 0 Å². The van der Waals surface area contributed by atoms with Crippen molar-refractivity contribution >= 4 is 177 Å². The second-order valence-electron chi connectivity index (χ2n) is 34.4. The van der Waals surface area contributed by atoms with Gasteiger partial charge in [-0.15, -0.1) is 0 Å². The highest BCUT2D eigenvalue weighted by molar-refractivity contribution is 6.16. The summed E-state index contributed by atoms with van der Waals surface area (Å²) in [5.41, 5.74) is 35.5. The summed E-state index contributed by atoms with van der Waals surface area (Å²) in [5.74, 6) is 0. The molecular weight excluding hydrogens is 1580 g/mol. The molecule has 0 spiro atoms. The van der Waals surface area contributed by atoms with E-state index in [4.69, 9.17) is 26.5 Å². The summed E-state index contributed by atoms with van der Waals surface area (Å²) in [7, 11) is 0. The first-order chi connectivity index (χ1) is 63.7. The van der Waals surface area contributed by atoms with Crippen molar-refractivity contribution in [3.63, 3.8) is 0 Å². The summed E-state index contributed by atoms with van der Waals surface area (Å²) in [4.78, 5) is 4.75. The zero-order valence-corrected chi connectivity index (χ0v) is 70.3. The van der Waals surface area contributed by atoms with Gasteiger partial charge in [-0.05, 0) is 206 Å². The third-order valence-corrected chi connectivity index (χ3v) is 26.8. The van der Waals surface area contributed by atoms with Gasteiger partial charge in [0.15, 0.2) is 0 Å². The van der Waals surface area contributed by atoms with E-state index in [1.807, 2.05) is 72.8 Å². The molecule has 129 heavy (non-hydrogen) atoms. The van der Waals surface area contributed by atoms with E-state index < -0.39 is 0 Å². The second kappa shape index (κ2) is 29.1. The Morgan fingerprint density at radius 3 is 0.837 bits per heavy atom. The van der Waals surface area contributed by atoms with Crippen LogP contribution in [0.1, 0.15) is 25.0 Å². The van der Waals surface area contributed by atoms with Gasteiger partial charge in [0.25, 0.3) is 0 Å². The Labute approximate surface area is 740 Å². The summed E-state index contributed by atoms with van der Waals surface area (Å²) >= 11 is 0. The number of anilines is 6. The van der Waals surface area contributed by atoms with Gasteiger partial charge in [-0.3, -0.25) is 0 Å². The number of rotatable bonds is 12. The molecule has 0 atom stereocenters. The maximum absolute atomic E-state index is 6.48. The molecule has 27 rings (SSSR count). The van der Waals surface area contributed by atoms with E-state index in [-0.39, 0.29) is 5.41 Å². The minimum Gasteiger partial charge on any atom is -0.456 e. The van der Waals surface area contributed by atoms with E-state index in [2.05, 4.69) is 375 Å². The van der Waals surface area contributed by atoms with Crippen molar-refractivity contribution in [1.29, 1.82) is 0 Å². The maximum Gasteiger partial charge on any atom is 0.143 e. The van der Waals surface area contributed by atoms with E-state index >= 15 is 0 Å². The lowest BCUT2D eigenvalue weighted by molar-refractivity contribution is 0.660. The number of furan rings is 6. The fraction of sp³-hybridized carbons (Fsp3) is 0.0248. The number of hydrogen-bond acceptors (Lipinski definition) is 8. The predicted molar refractivity (Wildman–Crippen MR) is 534 cm³/mol. The molecule has 8 heteroatoms. The number of benzene rings is 20. The molecule has 0 bridgehead atoms. The third-order valence-electron chi connectivity index (χ3n) is 26.8. The van der Waals surface area contributed by atoms with Crippen LogP contribution >= 0.6 is 0 Å². The lowest BCUT2D eigenvalue weighted by Crippen LogP contribution is -2.16. The number of fused-ring (bicyclic) bond motifs is 22. The van der Waals surface area contributed by atoms with Crippen molar-refractivity contribution in [3.05, 3.63) is 436 Å². The minimum atomic E-state index is -0.251. The van der Waals surface area contributed by atoms with Crippen molar-refractivity contribution in [1.82, 2.24) is 0 Å². The van der Waals surface area contributed by atoms with E-state index in [0.29, 0.717) is 0 Å². The maximum atomic E-state index is 6.48. The zero-order chi connectivity index (χ0) is 85.1. The molecule has 0 fully saturated rings. The number of nitrogens with zero attached hydrogens (tertiary/aromatic N) is 2. The average Bonchev–Trinajstić information content (AvgIpc) is 1.56. The molecule has 0 saturated carbocycles. The quantitative estimate of drug-likeness (QED) is 0.120. The molecule has 0 saturated heterocycles. The van der Waals surface area contributed by atoms with E-state index in [9.17, 15) is 0 Å². The first-order valence-corrected chi connectivity index (χ1v) is 44.0. The Balaban J connectivity index is 0.000000137. The minimum absolute atomic E-state index is 0.251. The molecule has 8 nitrogen and oxygen atoms in total. The molecule has 6 aromatic heterocycles. The van der Waals surface area contributed by atoms with Crippen LogP contribution in [0.4, 0.5) is 34.1 Å². The largest absolute Gasteiger partial charge is 0.456 e. The van der Waals surface area contributed by atoms with E-state index in [1.165, 1.54) is 44.3 Å². The highest BCUT2D eigenvalue weighted by Gasteiger charge is 2.37. The smallest absolute Gasteiger partial charge is 0.143 e. The lowest BCUT2D eigenvalue weighted by atomic mass is 9.81. The summed E-state index contributed by atoms with van der Waals surface area (Å²) in [6, 6.07) is 151. The van der Waals surface area contributed by atoms with Crippen LogP contribution in [0.2, 0.25) is 0 Å². The van der Waals surface area contributed by atoms with Crippen LogP contribution in [-0.2, 0) is 5.41 Å². The Morgan fingerprint density at radius 2 is 0.434 bits per heavy atom. The molecule has 1 aliphatic carbocycles. The van der Waals surface area contributed by atoms with Crippen LogP contribution in [0.25, 0.3) is 220 Å². The molecule has 26 aromatic rings. The molecule has 0 N–H and O–H groups in total. The molecule has 1 aliphatic rings. The SMILES string of the molecule is CC1(C)c2cc(-c3ccc4oc5ccccc5c4c3)ccc2-c2ccc(N(c3ccc(-c4cccc5c4oc4ccccc45)cc3)c3ccc(-c4cccc5c4oc4ccccc45)cc3)cc21.c1ccc2c(c1)oc1ccc(-c3ccc(N(c4ccc(-c5cccc6c5oc5ccccc56)cc4)c4ccc(-c5cccc6c5oc5ccccc56)cc4)c4ccccc34)cc12. The first kappa shape index (κ1) is 73.6. The molecule has 0 amide bonds. The number of para-hydroxylation sites is 10. The van der Waals surface area contributed by atoms with Crippen LogP contribution in [0.3, 0.4) is 0 Å². The molecular formula is C121H76N2O6. The highest BCUT2D eigenvalue weighted by atomic mass is 16.3. The Hall–Kier alpha value is -16.9. The lowest BCUT2D eigenvalue weighted by Gasteiger charge is -2.28. The summed E-state index contributed by atoms with van der Waals surface area (Å²) in [5, 5.41) is 15.8. The Bertz CT molecular complexity index is 8730. The second-order valence-corrected chi connectivity index (χ2v) is 34.4. The van der Waals surface area contributed by atoms with Crippen LogP contribution < -0.4 is 9.80 Å². The molecule has 606 valence electrons. The molecule has 0 unspecified atom stereocenters. The van der Waals surface area contributed by atoms with Crippen LogP contribution in [-0.4, -0.2) is 0 Å². The summed E-state index contributed by atoms with van der Waals surface area (Å²) in [6.07, 6.45) is 0. The zero-order valence-electron chi connectivity index (χ0n) is 70.3. The molecule has 20 aromatic carbocycles. The monoisotopic (exact) mass is 1650 g/mol. The van der Waals surface area contributed by atoms with Gasteiger partial charge in [0.1, 0.15) is 67.0 Å². The van der Waals surface area contributed by atoms with Gasteiger partial charge in [0.05, 0.1) is 5.69 Å². The van der Waals surface area contributed by atoms with Gasteiger partial charge in [-0.25, -0.2) is 0 Å². The van der Waals surface area contributed by atoms with Gasteiger partial charge < -0.3 is 36.3 Å². The van der Waals surface area contributed by atoms with Crippen LogP contribution in [0.15, 0.2) is 451 Å². The summed E-state index contributed by atoms with van der Waals surface area (Å²) in [6.45, 7) is 4.73. The van der Waals surface area contributed by atoms with Crippen molar-refractivity contribution in [2.75, 3.05) is 9.80 Å². The molecule has 0 aliphatic heterocycles. The normalized spacial score (nSPS) is 12.5. The van der Waals surface area contributed by atoms with Gasteiger partial charge in [0, 0.05) is 126 Å². The Kier molecular flexibility index (Phi) is 16.6. The van der Waals surface area contributed by atoms with Crippen molar-refractivity contribution < 1.29 is 26.5 Å². The predicted octanol–water partition coefficient (Wildman–Crippen LogP) is 35.2. The molecule has 0 radical (unpaired) electrons. The third kappa shape index (κ3) is 11.9. The Morgan fingerprint density at radius 1 is 0.163 bits per heavy atom. The molecule has 6 heterocycles. The number of hydrogen-bond donors (Lipinski definition) is 0. The van der Waals surface area contributed by atoms with Crippen molar-refractivity contribution in [2.45, 2.75) is 19.3 Å². The highest BCUT2D eigenvalue weighted by Crippen LogP contribution is 2.54. The van der Waals surface area contributed by atoms with Crippen LogP contribution in [0.5, 0.6) is 0 Å². The fourth-order valence-electron chi connectivity index (χ4n) is 20.5. The average molecular weight is 1650 g/mol. The standard InChI is InChI=1S/C63H41NO3.C58H35NO3/c1-63(2)55-36-41(40-26-34-60-54(35-40)51-13-5-6-18-57(51)65-60)25-32-47(55)48-33-31-44(37-56(48)63)64(42-27-21-38(22-28-42)45-14-9-16-52-49-11-3-7-19-58(49)66-61(45)52)43-29-23-39(24-30-43)46-15-10-17-53-50-12-4-8-20-59(50)67-62(46)53;1-2-12-45-44(11-1)41(38-27-34-56-51(35-38)48-15-5-6-20-53(48)60-56)32-33-52(45)59(39-28-23-36(24-29-39)42-16-9-18-49-46-13-3-7-21-54(46)61-57(42)49)40-30-25-37(26-31-40)43-17-10-19-50-47-14-4-8-22-55(47)62-58(43)50/h3-37H,1-2H3;1-35H. The van der Waals surface area contributed by atoms with E-state index in [0.717, 1.165) is 221 Å². The van der Waals surface area contributed by atoms with Gasteiger partial charge >= 0.3 is 0 Å². The van der Waals surface area contributed by atoms with Crippen molar-refractivity contribution in [3.8, 4) is 77.9 Å². The topological polar surface area (TPSA) is 85.3 Å². The van der Waals surface area contributed by atoms with Crippen LogP contribution in [0, 0.1) is 0 Å². The van der Waals surface area contributed by atoms with E-state index in [1.54, 1.807) is 0 Å². The summed E-state index contributed by atoms with van der Waals surface area (Å²) < 4.78 is 38.3.